The van der Waals surface area contributed by atoms with Crippen molar-refractivity contribution in [1.82, 2.24) is 4.90 Å². The fourth-order valence-corrected chi connectivity index (χ4v) is 3.89. The van der Waals surface area contributed by atoms with Crippen LogP contribution < -0.4 is 5.73 Å². The molecule has 2 atom stereocenters. The molecule has 0 aromatic carbocycles. The van der Waals surface area contributed by atoms with Crippen molar-refractivity contribution in [2.24, 2.45) is 5.73 Å². The molecule has 0 fully saturated rings. The third-order valence-electron chi connectivity index (χ3n) is 3.22. The molecule has 0 aliphatic carbocycles. The van der Waals surface area contributed by atoms with E-state index in [0.29, 0.717) is 0 Å². The van der Waals surface area contributed by atoms with Crippen molar-refractivity contribution in [1.29, 1.82) is 0 Å². The number of nitrogens with zero attached hydrogens (tertiary/aromatic N) is 1. The highest BCUT2D eigenvalue weighted by Gasteiger charge is 2.25. The summed E-state index contributed by atoms with van der Waals surface area (Å²) < 4.78 is 6.54. The molecule has 0 bridgehead atoms. The number of furan rings is 1. The number of halogens is 1. The zero-order valence-electron chi connectivity index (χ0n) is 11.2. The van der Waals surface area contributed by atoms with Crippen molar-refractivity contribution in [3.05, 3.63) is 45.0 Å². The number of likely N-dealkylation sites (N-methyl/N-ethyl adjacent to an activating group) is 1. The number of hydrogen-bond donors (Lipinski definition) is 1. The van der Waals surface area contributed by atoms with Gasteiger partial charge in [-0.3, -0.25) is 4.90 Å². The van der Waals surface area contributed by atoms with Gasteiger partial charge in [0, 0.05) is 20.8 Å². The third kappa shape index (κ3) is 3.69. The van der Waals surface area contributed by atoms with E-state index in [9.17, 15) is 0 Å². The first kappa shape index (κ1) is 14.8. The number of rotatable bonds is 6. The normalized spacial score (nSPS) is 14.8. The Morgan fingerprint density at radius 1 is 1.53 bits per heavy atom. The van der Waals surface area contributed by atoms with E-state index in [2.05, 4.69) is 46.2 Å². The summed E-state index contributed by atoms with van der Waals surface area (Å²) in [7, 11) is 2.09. The fraction of sp³-hybridized carbons (Fsp3) is 0.429. The van der Waals surface area contributed by atoms with Crippen LogP contribution in [-0.4, -0.2) is 18.0 Å². The monoisotopic (exact) mass is 342 g/mol. The van der Waals surface area contributed by atoms with Crippen molar-refractivity contribution >= 4 is 27.3 Å². The molecule has 2 aromatic rings. The molecule has 0 saturated heterocycles. The van der Waals surface area contributed by atoms with Crippen LogP contribution in [0.5, 0.6) is 0 Å². The Balaban J connectivity index is 2.17. The van der Waals surface area contributed by atoms with Crippen molar-refractivity contribution in [3.8, 4) is 0 Å². The minimum atomic E-state index is 0.116. The van der Waals surface area contributed by atoms with Crippen LogP contribution in [0.3, 0.4) is 0 Å². The molecule has 0 amide bonds. The van der Waals surface area contributed by atoms with Crippen LogP contribution in [0, 0.1) is 0 Å². The number of nitrogens with two attached hydrogens (primary N) is 1. The van der Waals surface area contributed by atoms with Crippen LogP contribution >= 0.6 is 27.3 Å². The first-order chi connectivity index (χ1) is 9.11. The third-order valence-corrected chi connectivity index (χ3v) is 4.98. The summed E-state index contributed by atoms with van der Waals surface area (Å²) in [5, 5.41) is 2.10. The SMILES string of the molecule is CCC(N)C(c1cc(Br)cs1)N(C)Cc1ccco1. The van der Waals surface area contributed by atoms with Gasteiger partial charge in [-0.15, -0.1) is 11.3 Å². The van der Waals surface area contributed by atoms with Gasteiger partial charge in [-0.05, 0) is 47.6 Å². The van der Waals surface area contributed by atoms with E-state index in [-0.39, 0.29) is 12.1 Å². The predicted molar refractivity (Wildman–Crippen MR) is 83.2 cm³/mol. The predicted octanol–water partition coefficient (Wildman–Crippen LogP) is 4.01. The lowest BCUT2D eigenvalue weighted by molar-refractivity contribution is 0.191. The Morgan fingerprint density at radius 2 is 2.32 bits per heavy atom. The molecule has 2 unspecified atom stereocenters. The molecule has 5 heteroatoms. The highest BCUT2D eigenvalue weighted by atomic mass is 79.9. The Labute approximate surface area is 126 Å². The molecule has 0 saturated carbocycles. The zero-order chi connectivity index (χ0) is 13.8. The Morgan fingerprint density at radius 3 is 2.84 bits per heavy atom. The first-order valence-corrected chi connectivity index (χ1v) is 8.01. The second kappa shape index (κ2) is 6.70. The Hall–Kier alpha value is -0.620. The molecule has 2 rings (SSSR count). The average Bonchev–Trinajstić information content (AvgIpc) is 3.01. The molecular formula is C14H19BrN2OS. The number of thiophene rings is 1. The van der Waals surface area contributed by atoms with E-state index in [1.807, 2.05) is 12.1 Å². The molecule has 2 heterocycles. The molecule has 0 radical (unpaired) electrons. The van der Waals surface area contributed by atoms with Crippen LogP contribution in [0.4, 0.5) is 0 Å². The molecule has 2 N–H and O–H groups in total. The first-order valence-electron chi connectivity index (χ1n) is 6.34. The average molecular weight is 343 g/mol. The highest BCUT2D eigenvalue weighted by molar-refractivity contribution is 9.10. The van der Waals surface area contributed by atoms with E-state index in [1.54, 1.807) is 17.6 Å². The van der Waals surface area contributed by atoms with Crippen molar-refractivity contribution < 1.29 is 4.42 Å². The van der Waals surface area contributed by atoms with E-state index >= 15 is 0 Å². The minimum Gasteiger partial charge on any atom is -0.468 e. The van der Waals surface area contributed by atoms with Gasteiger partial charge in [-0.25, -0.2) is 0 Å². The topological polar surface area (TPSA) is 42.4 Å². The summed E-state index contributed by atoms with van der Waals surface area (Å²) in [6, 6.07) is 6.40. The smallest absolute Gasteiger partial charge is 0.117 e. The lowest BCUT2D eigenvalue weighted by Crippen LogP contribution is -2.38. The van der Waals surface area contributed by atoms with Gasteiger partial charge in [0.05, 0.1) is 18.8 Å². The summed E-state index contributed by atoms with van der Waals surface area (Å²) in [5.41, 5.74) is 6.31. The summed E-state index contributed by atoms with van der Waals surface area (Å²) >= 11 is 5.26. The summed E-state index contributed by atoms with van der Waals surface area (Å²) in [4.78, 5) is 3.54. The van der Waals surface area contributed by atoms with Gasteiger partial charge in [-0.1, -0.05) is 6.92 Å². The van der Waals surface area contributed by atoms with Crippen molar-refractivity contribution in [3.63, 3.8) is 0 Å². The largest absolute Gasteiger partial charge is 0.468 e. The van der Waals surface area contributed by atoms with E-state index in [4.69, 9.17) is 10.2 Å². The molecule has 0 aliphatic rings. The van der Waals surface area contributed by atoms with E-state index < -0.39 is 0 Å². The quantitative estimate of drug-likeness (QED) is 0.862. The lowest BCUT2D eigenvalue weighted by Gasteiger charge is -2.31. The van der Waals surface area contributed by atoms with Crippen LogP contribution in [-0.2, 0) is 6.54 Å². The molecule has 104 valence electrons. The van der Waals surface area contributed by atoms with Crippen LogP contribution in [0.1, 0.15) is 30.0 Å². The minimum absolute atomic E-state index is 0.116. The highest BCUT2D eigenvalue weighted by Crippen LogP contribution is 2.32. The van der Waals surface area contributed by atoms with Gasteiger partial charge >= 0.3 is 0 Å². The molecule has 0 spiro atoms. The van der Waals surface area contributed by atoms with Gasteiger partial charge < -0.3 is 10.2 Å². The van der Waals surface area contributed by atoms with E-state index in [0.717, 1.165) is 23.2 Å². The maximum Gasteiger partial charge on any atom is 0.117 e. The lowest BCUT2D eigenvalue weighted by atomic mass is 10.0. The maximum atomic E-state index is 6.31. The van der Waals surface area contributed by atoms with Gasteiger partial charge in [0.2, 0.25) is 0 Å². The Kier molecular flexibility index (Phi) is 5.21. The molecular weight excluding hydrogens is 324 g/mol. The van der Waals surface area contributed by atoms with Gasteiger partial charge in [0.1, 0.15) is 5.76 Å². The van der Waals surface area contributed by atoms with Gasteiger partial charge in [0.15, 0.2) is 0 Å². The van der Waals surface area contributed by atoms with Gasteiger partial charge in [-0.2, -0.15) is 0 Å². The zero-order valence-corrected chi connectivity index (χ0v) is 13.6. The fourth-order valence-electron chi connectivity index (χ4n) is 2.21. The van der Waals surface area contributed by atoms with Crippen LogP contribution in [0.25, 0.3) is 0 Å². The maximum absolute atomic E-state index is 6.31. The van der Waals surface area contributed by atoms with Crippen LogP contribution in [0.15, 0.2) is 38.7 Å². The Bertz CT molecular complexity index is 497. The molecule has 2 aromatic heterocycles. The molecule has 3 nitrogen and oxygen atoms in total. The second-order valence-corrected chi connectivity index (χ2v) is 6.54. The molecule has 0 aliphatic heterocycles. The van der Waals surface area contributed by atoms with Crippen LogP contribution in [0.2, 0.25) is 0 Å². The summed E-state index contributed by atoms with van der Waals surface area (Å²) in [5.74, 6) is 0.964. The van der Waals surface area contributed by atoms with E-state index in [1.165, 1.54) is 4.88 Å². The van der Waals surface area contributed by atoms with Crippen molar-refractivity contribution in [2.45, 2.75) is 32.0 Å². The van der Waals surface area contributed by atoms with Crippen molar-refractivity contribution in [2.75, 3.05) is 7.05 Å². The molecule has 19 heavy (non-hydrogen) atoms. The van der Waals surface area contributed by atoms with Gasteiger partial charge in [0.25, 0.3) is 0 Å². The second-order valence-electron chi connectivity index (χ2n) is 4.68. The standard InChI is InChI=1S/C14H19BrN2OS/c1-3-12(16)14(13-7-10(15)9-19-13)17(2)8-11-5-4-6-18-11/h4-7,9,12,14H,3,8,16H2,1-2H3. The summed E-state index contributed by atoms with van der Waals surface area (Å²) in [6.45, 7) is 2.89. The number of hydrogen-bond acceptors (Lipinski definition) is 4. The summed E-state index contributed by atoms with van der Waals surface area (Å²) in [6.07, 6.45) is 2.66.